The second-order valence-corrected chi connectivity index (χ2v) is 8.45. The molecule has 2 aromatic carbocycles. The van der Waals surface area contributed by atoms with Crippen LogP contribution < -0.4 is 5.32 Å². The van der Waals surface area contributed by atoms with Gasteiger partial charge in [0.25, 0.3) is 5.91 Å². The minimum atomic E-state index is -3.47. The van der Waals surface area contributed by atoms with E-state index in [1.165, 1.54) is 28.6 Å². The zero-order valence-electron chi connectivity index (χ0n) is 14.6. The molecular formula is C20H19ClN2O3S. The third kappa shape index (κ3) is 4.69. The van der Waals surface area contributed by atoms with Crippen molar-refractivity contribution in [3.05, 3.63) is 64.7 Å². The molecule has 1 fully saturated rings. The monoisotopic (exact) mass is 402 g/mol. The van der Waals surface area contributed by atoms with Crippen LogP contribution in [0.25, 0.3) is 0 Å². The zero-order chi connectivity index (χ0) is 19.3. The average molecular weight is 403 g/mol. The highest BCUT2D eigenvalue weighted by atomic mass is 35.5. The smallest absolute Gasteiger partial charge is 0.252 e. The number of nitrogens with one attached hydrogen (secondary N) is 1. The fourth-order valence-electron chi connectivity index (χ4n) is 2.78. The van der Waals surface area contributed by atoms with E-state index < -0.39 is 10.0 Å². The van der Waals surface area contributed by atoms with Crippen LogP contribution in [0.1, 0.15) is 28.8 Å². The van der Waals surface area contributed by atoms with Crippen molar-refractivity contribution in [1.29, 1.82) is 0 Å². The number of rotatable bonds is 4. The molecule has 1 N–H and O–H groups in total. The van der Waals surface area contributed by atoms with E-state index in [1.54, 1.807) is 12.1 Å². The Labute approximate surface area is 164 Å². The molecule has 5 nitrogen and oxygen atoms in total. The molecule has 0 aliphatic carbocycles. The highest BCUT2D eigenvalue weighted by Gasteiger charge is 2.27. The van der Waals surface area contributed by atoms with Gasteiger partial charge in [-0.25, -0.2) is 8.42 Å². The molecule has 0 aromatic heterocycles. The number of halogens is 1. The Hall–Kier alpha value is -2.33. The number of nitrogens with zero attached hydrogens (tertiary/aromatic N) is 1. The van der Waals surface area contributed by atoms with Crippen LogP contribution in [0.4, 0.5) is 0 Å². The normalized spacial score (nSPS) is 14.4. The summed E-state index contributed by atoms with van der Waals surface area (Å²) in [5.41, 5.74) is 1.08. The Kier molecular flexibility index (Phi) is 6.17. The fourth-order valence-corrected chi connectivity index (χ4v) is 4.48. The van der Waals surface area contributed by atoms with Crippen molar-refractivity contribution in [1.82, 2.24) is 9.62 Å². The highest BCUT2D eigenvalue weighted by Crippen LogP contribution is 2.21. The molecule has 1 aliphatic rings. The van der Waals surface area contributed by atoms with Gasteiger partial charge in [0.05, 0.1) is 16.5 Å². The van der Waals surface area contributed by atoms with Gasteiger partial charge in [-0.3, -0.25) is 4.79 Å². The molecule has 140 valence electrons. The van der Waals surface area contributed by atoms with E-state index in [9.17, 15) is 13.2 Å². The van der Waals surface area contributed by atoms with Gasteiger partial charge in [0, 0.05) is 24.2 Å². The maximum Gasteiger partial charge on any atom is 0.252 e. The Morgan fingerprint density at radius 3 is 2.41 bits per heavy atom. The summed E-state index contributed by atoms with van der Waals surface area (Å²) in [5.74, 6) is 5.43. The molecule has 0 spiro atoms. The van der Waals surface area contributed by atoms with Crippen molar-refractivity contribution < 1.29 is 13.2 Å². The maximum absolute atomic E-state index is 12.5. The van der Waals surface area contributed by atoms with Crippen LogP contribution in [0, 0.1) is 11.8 Å². The number of carbonyl (C=O) groups excluding carboxylic acids is 1. The Bertz CT molecular complexity index is 986. The SMILES string of the molecule is O=C(NCC#Cc1ccccc1Cl)c1ccc(S(=O)(=O)N2CCCC2)cc1. The van der Waals surface area contributed by atoms with Crippen molar-refractivity contribution in [3.63, 3.8) is 0 Å². The Morgan fingerprint density at radius 1 is 1.07 bits per heavy atom. The first-order chi connectivity index (χ1) is 13.0. The predicted molar refractivity (Wildman–Crippen MR) is 105 cm³/mol. The van der Waals surface area contributed by atoms with Crippen molar-refractivity contribution in [2.45, 2.75) is 17.7 Å². The van der Waals surface area contributed by atoms with Gasteiger partial charge in [0.1, 0.15) is 0 Å². The van der Waals surface area contributed by atoms with E-state index >= 15 is 0 Å². The predicted octanol–water partition coefficient (Wildman–Crippen LogP) is 2.91. The summed E-state index contributed by atoms with van der Waals surface area (Å²) in [6.07, 6.45) is 1.77. The van der Waals surface area contributed by atoms with E-state index in [2.05, 4.69) is 17.2 Å². The highest BCUT2D eigenvalue weighted by molar-refractivity contribution is 7.89. The van der Waals surface area contributed by atoms with Crippen molar-refractivity contribution >= 4 is 27.5 Å². The lowest BCUT2D eigenvalue weighted by Gasteiger charge is -2.15. The second-order valence-electron chi connectivity index (χ2n) is 6.10. The topological polar surface area (TPSA) is 66.5 Å². The molecule has 1 saturated heterocycles. The number of amides is 1. The Morgan fingerprint density at radius 2 is 1.74 bits per heavy atom. The van der Waals surface area contributed by atoms with E-state index in [0.29, 0.717) is 29.2 Å². The summed E-state index contributed by atoms with van der Waals surface area (Å²) in [6, 6.07) is 13.2. The third-order valence-corrected chi connectivity index (χ3v) is 6.50. The van der Waals surface area contributed by atoms with Crippen LogP contribution in [-0.2, 0) is 10.0 Å². The van der Waals surface area contributed by atoms with Crippen LogP contribution in [0.3, 0.4) is 0 Å². The quantitative estimate of drug-likeness (QED) is 0.799. The third-order valence-electron chi connectivity index (χ3n) is 4.25. The molecule has 1 heterocycles. The number of benzene rings is 2. The molecule has 2 aromatic rings. The lowest BCUT2D eigenvalue weighted by Crippen LogP contribution is -2.28. The van der Waals surface area contributed by atoms with Gasteiger partial charge in [0.2, 0.25) is 10.0 Å². The summed E-state index contributed by atoms with van der Waals surface area (Å²) >= 11 is 6.02. The van der Waals surface area contributed by atoms with Crippen LogP contribution in [0.2, 0.25) is 5.02 Å². The number of hydrogen-bond donors (Lipinski definition) is 1. The zero-order valence-corrected chi connectivity index (χ0v) is 16.2. The number of sulfonamides is 1. The van der Waals surface area contributed by atoms with Crippen LogP contribution in [-0.4, -0.2) is 38.3 Å². The first-order valence-electron chi connectivity index (χ1n) is 8.60. The van der Waals surface area contributed by atoms with Gasteiger partial charge < -0.3 is 5.32 Å². The fraction of sp³-hybridized carbons (Fsp3) is 0.250. The molecule has 3 rings (SSSR count). The van der Waals surface area contributed by atoms with Crippen LogP contribution in [0.15, 0.2) is 53.4 Å². The summed E-state index contributed by atoms with van der Waals surface area (Å²) in [7, 11) is -3.47. The second kappa shape index (κ2) is 8.57. The Balaban J connectivity index is 1.60. The summed E-state index contributed by atoms with van der Waals surface area (Å²) < 4.78 is 26.4. The van der Waals surface area contributed by atoms with E-state index in [1.807, 2.05) is 12.1 Å². The molecule has 0 unspecified atom stereocenters. The minimum Gasteiger partial charge on any atom is -0.341 e. The summed E-state index contributed by atoms with van der Waals surface area (Å²) in [6.45, 7) is 1.27. The van der Waals surface area contributed by atoms with E-state index in [4.69, 9.17) is 11.6 Å². The standard InChI is InChI=1S/C20H19ClN2O3S/c21-19-8-2-1-6-16(19)7-5-13-22-20(24)17-9-11-18(12-10-17)27(25,26)23-14-3-4-15-23/h1-2,6,8-12H,3-4,13-15H2,(H,22,24). The van der Waals surface area contributed by atoms with Crippen molar-refractivity contribution in [3.8, 4) is 11.8 Å². The van der Waals surface area contributed by atoms with Gasteiger partial charge in [-0.05, 0) is 49.2 Å². The molecule has 0 atom stereocenters. The largest absolute Gasteiger partial charge is 0.341 e. The van der Waals surface area contributed by atoms with Gasteiger partial charge in [-0.1, -0.05) is 35.6 Å². The molecular weight excluding hydrogens is 384 g/mol. The molecule has 0 saturated carbocycles. The number of carbonyl (C=O) groups is 1. The van der Waals surface area contributed by atoms with Crippen LogP contribution >= 0.6 is 11.6 Å². The van der Waals surface area contributed by atoms with Crippen LogP contribution in [0.5, 0.6) is 0 Å². The van der Waals surface area contributed by atoms with Gasteiger partial charge in [-0.2, -0.15) is 4.31 Å². The van der Waals surface area contributed by atoms with E-state index in [0.717, 1.165) is 12.8 Å². The van der Waals surface area contributed by atoms with Gasteiger partial charge >= 0.3 is 0 Å². The van der Waals surface area contributed by atoms with Gasteiger partial charge in [0.15, 0.2) is 0 Å². The average Bonchev–Trinajstić information content (AvgIpc) is 3.22. The molecule has 7 heteroatoms. The summed E-state index contributed by atoms with van der Waals surface area (Å²) in [4.78, 5) is 12.4. The van der Waals surface area contributed by atoms with Crippen molar-refractivity contribution in [2.24, 2.45) is 0 Å². The molecule has 0 bridgehead atoms. The summed E-state index contributed by atoms with van der Waals surface area (Å²) in [5, 5.41) is 3.25. The molecule has 27 heavy (non-hydrogen) atoms. The lowest BCUT2D eigenvalue weighted by atomic mass is 10.2. The first-order valence-corrected chi connectivity index (χ1v) is 10.4. The van der Waals surface area contributed by atoms with Gasteiger partial charge in [-0.15, -0.1) is 0 Å². The molecule has 1 amide bonds. The van der Waals surface area contributed by atoms with E-state index in [-0.39, 0.29) is 17.3 Å². The number of hydrogen-bond acceptors (Lipinski definition) is 3. The van der Waals surface area contributed by atoms with Crippen molar-refractivity contribution in [2.75, 3.05) is 19.6 Å². The lowest BCUT2D eigenvalue weighted by molar-refractivity contribution is 0.0958. The first kappa shape index (κ1) is 19.4. The minimum absolute atomic E-state index is 0.165. The molecule has 1 aliphatic heterocycles. The maximum atomic E-state index is 12.5. The molecule has 0 radical (unpaired) electrons.